The molecule has 0 saturated heterocycles. The summed E-state index contributed by atoms with van der Waals surface area (Å²) in [5, 5.41) is 2.69. The van der Waals surface area contributed by atoms with Crippen molar-refractivity contribution in [3.05, 3.63) is 48.0 Å². The predicted molar refractivity (Wildman–Crippen MR) is 69.6 cm³/mol. The van der Waals surface area contributed by atoms with Gasteiger partial charge in [-0.05, 0) is 24.1 Å². The average molecular weight is 247 g/mol. The molecule has 0 fully saturated rings. The second kappa shape index (κ2) is 6.56. The summed E-state index contributed by atoms with van der Waals surface area (Å²) < 4.78 is 0. The zero-order chi connectivity index (χ0) is 13.5. The molecule has 0 bridgehead atoms. The summed E-state index contributed by atoms with van der Waals surface area (Å²) in [5.74, 6) is -0.745. The zero-order valence-electron chi connectivity index (χ0n) is 10.1. The van der Waals surface area contributed by atoms with Gasteiger partial charge in [-0.2, -0.15) is 0 Å². The third-order valence-electron chi connectivity index (χ3n) is 2.44. The first-order valence-corrected chi connectivity index (χ1v) is 5.57. The third kappa shape index (κ3) is 4.03. The molecule has 1 unspecified atom stereocenters. The number of nitrogens with one attached hydrogen (secondary N) is 1. The third-order valence-corrected chi connectivity index (χ3v) is 2.44. The lowest BCUT2D eigenvalue weighted by Gasteiger charge is -2.10. The molecule has 5 nitrogen and oxygen atoms in total. The molecule has 0 aliphatic heterocycles. The number of amides is 2. The van der Waals surface area contributed by atoms with Crippen molar-refractivity contribution in [1.82, 2.24) is 5.32 Å². The first kappa shape index (κ1) is 13.9. The Labute approximate surface area is 106 Å². The van der Waals surface area contributed by atoms with Crippen LogP contribution < -0.4 is 16.8 Å². The lowest BCUT2D eigenvalue weighted by Crippen LogP contribution is -2.39. The molecule has 0 saturated carbocycles. The van der Waals surface area contributed by atoms with Crippen LogP contribution >= 0.6 is 0 Å². The van der Waals surface area contributed by atoms with Gasteiger partial charge in [-0.15, -0.1) is 6.58 Å². The Kier molecular flexibility index (Phi) is 5.07. The molecule has 18 heavy (non-hydrogen) atoms. The molecule has 0 spiro atoms. The molecule has 96 valence electrons. The van der Waals surface area contributed by atoms with Gasteiger partial charge >= 0.3 is 0 Å². The summed E-state index contributed by atoms with van der Waals surface area (Å²) in [4.78, 5) is 22.5. The standard InChI is InChI=1S/C13H17N3O2/c1-2-4-11(14)13(18)16-8-9-5-3-6-10(7-9)12(15)17/h2-3,5-7,11H,1,4,8,14H2,(H2,15,17)(H,16,18). The molecule has 5 N–H and O–H groups in total. The molecule has 0 heterocycles. The van der Waals surface area contributed by atoms with Crippen molar-refractivity contribution in [3.63, 3.8) is 0 Å². The largest absolute Gasteiger partial charge is 0.366 e. The molecule has 1 aromatic rings. The van der Waals surface area contributed by atoms with E-state index in [9.17, 15) is 9.59 Å². The van der Waals surface area contributed by atoms with Gasteiger partial charge in [0, 0.05) is 12.1 Å². The van der Waals surface area contributed by atoms with Crippen molar-refractivity contribution in [2.24, 2.45) is 11.5 Å². The fraction of sp³-hybridized carbons (Fsp3) is 0.231. The van der Waals surface area contributed by atoms with Crippen molar-refractivity contribution < 1.29 is 9.59 Å². The van der Waals surface area contributed by atoms with E-state index in [-0.39, 0.29) is 5.91 Å². The molecule has 1 aromatic carbocycles. The molecular formula is C13H17N3O2. The maximum absolute atomic E-state index is 11.5. The van der Waals surface area contributed by atoms with Gasteiger partial charge < -0.3 is 16.8 Å². The molecule has 2 amide bonds. The Hall–Kier alpha value is -2.14. The van der Waals surface area contributed by atoms with Gasteiger partial charge in [-0.3, -0.25) is 9.59 Å². The van der Waals surface area contributed by atoms with Gasteiger partial charge in [0.25, 0.3) is 0 Å². The van der Waals surface area contributed by atoms with Gasteiger partial charge in [-0.1, -0.05) is 18.2 Å². The minimum atomic E-state index is -0.596. The molecule has 0 aliphatic rings. The summed E-state index contributed by atoms with van der Waals surface area (Å²) in [6, 6.07) is 6.18. The smallest absolute Gasteiger partial charge is 0.248 e. The van der Waals surface area contributed by atoms with Gasteiger partial charge in [0.2, 0.25) is 11.8 Å². The Balaban J connectivity index is 2.58. The Morgan fingerprint density at radius 1 is 1.44 bits per heavy atom. The summed E-state index contributed by atoms with van der Waals surface area (Å²) in [6.07, 6.45) is 2.02. The number of hydrogen-bond acceptors (Lipinski definition) is 3. The summed E-state index contributed by atoms with van der Waals surface area (Å²) in [7, 11) is 0. The van der Waals surface area contributed by atoms with Crippen LogP contribution in [0.15, 0.2) is 36.9 Å². The molecule has 1 atom stereocenters. The van der Waals surface area contributed by atoms with E-state index < -0.39 is 11.9 Å². The highest BCUT2D eigenvalue weighted by Crippen LogP contribution is 2.04. The quantitative estimate of drug-likeness (QED) is 0.631. The van der Waals surface area contributed by atoms with Gasteiger partial charge in [0.05, 0.1) is 6.04 Å². The minimum absolute atomic E-state index is 0.251. The van der Waals surface area contributed by atoms with E-state index in [0.717, 1.165) is 5.56 Å². The van der Waals surface area contributed by atoms with Crippen LogP contribution in [0.5, 0.6) is 0 Å². The first-order chi connectivity index (χ1) is 8.54. The summed E-state index contributed by atoms with van der Waals surface area (Å²) >= 11 is 0. The maximum Gasteiger partial charge on any atom is 0.248 e. The van der Waals surface area contributed by atoms with E-state index in [0.29, 0.717) is 18.5 Å². The lowest BCUT2D eigenvalue weighted by molar-refractivity contribution is -0.122. The summed E-state index contributed by atoms with van der Waals surface area (Å²) in [5.41, 5.74) is 12.0. The van der Waals surface area contributed by atoms with Crippen molar-refractivity contribution >= 4 is 11.8 Å². The van der Waals surface area contributed by atoms with Crippen molar-refractivity contribution in [1.29, 1.82) is 0 Å². The predicted octanol–water partition coefficient (Wildman–Crippen LogP) is 0.305. The number of carbonyl (C=O) groups is 2. The number of benzene rings is 1. The number of carbonyl (C=O) groups excluding carboxylic acids is 2. The van der Waals surface area contributed by atoms with E-state index in [4.69, 9.17) is 11.5 Å². The molecule has 5 heteroatoms. The highest BCUT2D eigenvalue weighted by Gasteiger charge is 2.11. The molecule has 0 radical (unpaired) electrons. The highest BCUT2D eigenvalue weighted by molar-refractivity contribution is 5.92. The molecular weight excluding hydrogens is 230 g/mol. The fourth-order valence-electron chi connectivity index (χ4n) is 1.44. The Bertz CT molecular complexity index is 457. The SMILES string of the molecule is C=CCC(N)C(=O)NCc1cccc(C(N)=O)c1. The van der Waals surface area contributed by atoms with E-state index in [2.05, 4.69) is 11.9 Å². The van der Waals surface area contributed by atoms with Gasteiger partial charge in [0.1, 0.15) is 0 Å². The van der Waals surface area contributed by atoms with Crippen LogP contribution in [0.1, 0.15) is 22.3 Å². The van der Waals surface area contributed by atoms with Gasteiger partial charge in [-0.25, -0.2) is 0 Å². The van der Waals surface area contributed by atoms with Crippen LogP contribution in [0, 0.1) is 0 Å². The first-order valence-electron chi connectivity index (χ1n) is 5.57. The normalized spacial score (nSPS) is 11.6. The lowest BCUT2D eigenvalue weighted by atomic mass is 10.1. The zero-order valence-corrected chi connectivity index (χ0v) is 10.1. The van der Waals surface area contributed by atoms with E-state index in [1.54, 1.807) is 30.3 Å². The summed E-state index contributed by atoms with van der Waals surface area (Å²) in [6.45, 7) is 3.83. The monoisotopic (exact) mass is 247 g/mol. The van der Waals surface area contributed by atoms with E-state index in [1.807, 2.05) is 0 Å². The number of nitrogens with two attached hydrogens (primary N) is 2. The molecule has 0 aliphatic carbocycles. The number of primary amides is 1. The average Bonchev–Trinajstić information content (AvgIpc) is 2.36. The number of rotatable bonds is 6. The van der Waals surface area contributed by atoms with Crippen LogP contribution in [0.25, 0.3) is 0 Å². The van der Waals surface area contributed by atoms with Crippen LogP contribution in [0.3, 0.4) is 0 Å². The second-order valence-electron chi connectivity index (χ2n) is 3.91. The maximum atomic E-state index is 11.5. The minimum Gasteiger partial charge on any atom is -0.366 e. The number of hydrogen-bond donors (Lipinski definition) is 3. The fourth-order valence-corrected chi connectivity index (χ4v) is 1.44. The Morgan fingerprint density at radius 2 is 2.17 bits per heavy atom. The van der Waals surface area contributed by atoms with Crippen LogP contribution in [0.4, 0.5) is 0 Å². The molecule has 1 rings (SSSR count). The van der Waals surface area contributed by atoms with E-state index in [1.165, 1.54) is 0 Å². The van der Waals surface area contributed by atoms with Crippen molar-refractivity contribution in [2.75, 3.05) is 0 Å². The molecule has 0 aromatic heterocycles. The van der Waals surface area contributed by atoms with Crippen molar-refractivity contribution in [3.8, 4) is 0 Å². The Morgan fingerprint density at radius 3 is 2.78 bits per heavy atom. The van der Waals surface area contributed by atoms with E-state index >= 15 is 0 Å². The second-order valence-corrected chi connectivity index (χ2v) is 3.91. The van der Waals surface area contributed by atoms with Crippen LogP contribution in [-0.4, -0.2) is 17.9 Å². The van der Waals surface area contributed by atoms with Crippen LogP contribution in [-0.2, 0) is 11.3 Å². The van der Waals surface area contributed by atoms with Gasteiger partial charge in [0.15, 0.2) is 0 Å². The highest BCUT2D eigenvalue weighted by atomic mass is 16.2. The van der Waals surface area contributed by atoms with Crippen LogP contribution in [0.2, 0.25) is 0 Å². The van der Waals surface area contributed by atoms with Crippen molar-refractivity contribution in [2.45, 2.75) is 19.0 Å². The topological polar surface area (TPSA) is 98.2 Å².